The van der Waals surface area contributed by atoms with Crippen molar-refractivity contribution >= 4 is 11.7 Å². The van der Waals surface area contributed by atoms with Crippen LogP contribution in [0.3, 0.4) is 0 Å². The van der Waals surface area contributed by atoms with Gasteiger partial charge in [0, 0.05) is 18.8 Å². The Morgan fingerprint density at radius 3 is 2.87 bits per heavy atom. The molecule has 1 saturated heterocycles. The Morgan fingerprint density at radius 1 is 1.30 bits per heavy atom. The summed E-state index contributed by atoms with van der Waals surface area (Å²) >= 11 is 0. The van der Waals surface area contributed by atoms with Crippen LogP contribution < -0.4 is 5.32 Å². The van der Waals surface area contributed by atoms with Gasteiger partial charge in [0.25, 0.3) is 0 Å². The summed E-state index contributed by atoms with van der Waals surface area (Å²) in [5.74, 6) is 0. The summed E-state index contributed by atoms with van der Waals surface area (Å²) in [5, 5.41) is 13.3. The molecule has 1 aromatic heterocycles. The summed E-state index contributed by atoms with van der Waals surface area (Å²) in [5.41, 5.74) is 1.58. The largest absolute Gasteiger partial charge is 0.388 e. The zero-order chi connectivity index (χ0) is 16.1. The second kappa shape index (κ2) is 7.24. The lowest BCUT2D eigenvalue weighted by Gasteiger charge is -2.27. The molecule has 0 aliphatic carbocycles. The fourth-order valence-electron chi connectivity index (χ4n) is 3.05. The van der Waals surface area contributed by atoms with Crippen LogP contribution >= 0.6 is 0 Å². The maximum Gasteiger partial charge on any atom is 0.322 e. The van der Waals surface area contributed by atoms with Gasteiger partial charge in [0.2, 0.25) is 0 Å². The van der Waals surface area contributed by atoms with Gasteiger partial charge in [0.1, 0.15) is 0 Å². The van der Waals surface area contributed by atoms with Crippen molar-refractivity contribution in [3.05, 3.63) is 60.4 Å². The molecule has 0 bridgehead atoms. The van der Waals surface area contributed by atoms with Crippen molar-refractivity contribution in [2.75, 3.05) is 11.9 Å². The fourth-order valence-corrected chi connectivity index (χ4v) is 3.05. The number of benzene rings is 1. The summed E-state index contributed by atoms with van der Waals surface area (Å²) in [7, 11) is 0. The molecule has 1 aliphatic heterocycles. The minimum absolute atomic E-state index is 0.0573. The fraction of sp³-hybridized carbons (Fsp3) is 0.333. The Kier molecular flexibility index (Phi) is 4.88. The lowest BCUT2D eigenvalue weighted by atomic mass is 10.0. The number of carbonyl (C=O) groups excluding carboxylic acids is 1. The number of aromatic nitrogens is 1. The maximum absolute atomic E-state index is 12.4. The number of anilines is 1. The average Bonchev–Trinajstić information content (AvgIpc) is 3.05. The highest BCUT2D eigenvalue weighted by molar-refractivity contribution is 5.89. The number of aliphatic hydroxyl groups is 1. The van der Waals surface area contributed by atoms with E-state index in [4.69, 9.17) is 0 Å². The van der Waals surface area contributed by atoms with E-state index in [-0.39, 0.29) is 12.1 Å². The summed E-state index contributed by atoms with van der Waals surface area (Å²) in [6.45, 7) is 0.721. The normalized spacial score (nSPS) is 18.7. The molecule has 0 radical (unpaired) electrons. The van der Waals surface area contributed by atoms with Gasteiger partial charge in [-0.3, -0.25) is 4.98 Å². The van der Waals surface area contributed by atoms with E-state index >= 15 is 0 Å². The van der Waals surface area contributed by atoms with Gasteiger partial charge in [-0.2, -0.15) is 0 Å². The van der Waals surface area contributed by atoms with E-state index in [0.717, 1.165) is 24.9 Å². The molecule has 2 N–H and O–H groups in total. The van der Waals surface area contributed by atoms with Crippen LogP contribution in [0, 0.1) is 0 Å². The topological polar surface area (TPSA) is 65.5 Å². The first-order valence-electron chi connectivity index (χ1n) is 7.94. The third kappa shape index (κ3) is 3.87. The Balaban J connectivity index is 1.62. The third-order valence-electron chi connectivity index (χ3n) is 4.23. The Labute approximate surface area is 136 Å². The predicted molar refractivity (Wildman–Crippen MR) is 89.0 cm³/mol. The quantitative estimate of drug-likeness (QED) is 0.911. The second-order valence-corrected chi connectivity index (χ2v) is 5.82. The molecule has 1 fully saturated rings. The maximum atomic E-state index is 12.4. The molecule has 2 atom stereocenters. The van der Waals surface area contributed by atoms with Gasteiger partial charge in [-0.25, -0.2) is 4.79 Å². The minimum Gasteiger partial charge on any atom is -0.388 e. The van der Waals surface area contributed by atoms with E-state index in [1.807, 2.05) is 41.3 Å². The van der Waals surface area contributed by atoms with Gasteiger partial charge in [-0.05, 0) is 37.0 Å². The van der Waals surface area contributed by atoms with E-state index in [0.29, 0.717) is 12.1 Å². The van der Waals surface area contributed by atoms with E-state index in [1.54, 1.807) is 18.5 Å². The summed E-state index contributed by atoms with van der Waals surface area (Å²) < 4.78 is 0. The SMILES string of the molecule is O=C(Nc1cccnc1)N1CCC[C@H]1C[C@@H](O)c1ccccc1. The molecule has 120 valence electrons. The van der Waals surface area contributed by atoms with Crippen LogP contribution in [-0.4, -0.2) is 33.6 Å². The number of carbonyl (C=O) groups is 1. The Morgan fingerprint density at radius 2 is 2.13 bits per heavy atom. The zero-order valence-electron chi connectivity index (χ0n) is 12.9. The minimum atomic E-state index is -0.548. The molecule has 0 saturated carbocycles. The van der Waals surface area contributed by atoms with Crippen LogP contribution in [0.4, 0.5) is 10.5 Å². The number of rotatable bonds is 4. The van der Waals surface area contributed by atoms with Crippen molar-refractivity contribution in [1.29, 1.82) is 0 Å². The summed E-state index contributed by atoms with van der Waals surface area (Å²) in [4.78, 5) is 18.3. The van der Waals surface area contributed by atoms with Gasteiger partial charge in [0.15, 0.2) is 0 Å². The number of urea groups is 1. The smallest absolute Gasteiger partial charge is 0.322 e. The Bertz CT molecular complexity index is 633. The molecule has 2 aromatic rings. The molecular weight excluding hydrogens is 290 g/mol. The molecule has 3 rings (SSSR count). The molecule has 23 heavy (non-hydrogen) atoms. The molecule has 5 heteroatoms. The number of nitrogens with zero attached hydrogens (tertiary/aromatic N) is 2. The lowest BCUT2D eigenvalue weighted by Crippen LogP contribution is -2.39. The number of nitrogens with one attached hydrogen (secondary N) is 1. The number of hydrogen-bond donors (Lipinski definition) is 2. The molecule has 5 nitrogen and oxygen atoms in total. The van der Waals surface area contributed by atoms with Crippen LogP contribution in [0.5, 0.6) is 0 Å². The molecule has 0 unspecified atom stereocenters. The molecule has 0 spiro atoms. The van der Waals surface area contributed by atoms with Gasteiger partial charge in [-0.15, -0.1) is 0 Å². The predicted octanol–water partition coefficient (Wildman–Crippen LogP) is 3.20. The van der Waals surface area contributed by atoms with Crippen molar-refractivity contribution in [1.82, 2.24) is 9.88 Å². The zero-order valence-corrected chi connectivity index (χ0v) is 12.9. The van der Waals surface area contributed by atoms with E-state index in [9.17, 15) is 9.90 Å². The van der Waals surface area contributed by atoms with Crippen LogP contribution in [0.25, 0.3) is 0 Å². The molecule has 2 amide bonds. The highest BCUT2D eigenvalue weighted by Gasteiger charge is 2.30. The van der Waals surface area contributed by atoms with Gasteiger partial charge in [0.05, 0.1) is 18.0 Å². The van der Waals surface area contributed by atoms with Crippen molar-refractivity contribution in [2.45, 2.75) is 31.4 Å². The number of aliphatic hydroxyl groups excluding tert-OH is 1. The number of amides is 2. The first-order chi connectivity index (χ1) is 11.2. The van der Waals surface area contributed by atoms with Gasteiger partial charge >= 0.3 is 6.03 Å². The lowest BCUT2D eigenvalue weighted by molar-refractivity contribution is 0.130. The highest BCUT2D eigenvalue weighted by atomic mass is 16.3. The summed E-state index contributed by atoms with van der Waals surface area (Å²) in [6, 6.07) is 13.1. The van der Waals surface area contributed by atoms with E-state index in [2.05, 4.69) is 10.3 Å². The van der Waals surface area contributed by atoms with E-state index in [1.165, 1.54) is 0 Å². The molecule has 2 heterocycles. The van der Waals surface area contributed by atoms with Crippen LogP contribution in [-0.2, 0) is 0 Å². The van der Waals surface area contributed by atoms with Crippen LogP contribution in [0.2, 0.25) is 0 Å². The van der Waals surface area contributed by atoms with Crippen LogP contribution in [0.1, 0.15) is 30.9 Å². The summed E-state index contributed by atoms with van der Waals surface area (Å²) in [6.07, 6.45) is 5.20. The third-order valence-corrected chi connectivity index (χ3v) is 4.23. The van der Waals surface area contributed by atoms with Gasteiger partial charge < -0.3 is 15.3 Å². The standard InChI is InChI=1S/C18H21N3O2/c22-17(14-6-2-1-3-7-14)12-16-9-5-11-21(16)18(23)20-15-8-4-10-19-13-15/h1-4,6-8,10,13,16-17,22H,5,9,11-12H2,(H,20,23)/t16-,17+/m0/s1. The van der Waals surface area contributed by atoms with Gasteiger partial charge in [-0.1, -0.05) is 30.3 Å². The number of pyridine rings is 1. The van der Waals surface area contributed by atoms with Crippen LogP contribution in [0.15, 0.2) is 54.9 Å². The highest BCUT2D eigenvalue weighted by Crippen LogP contribution is 2.27. The molecular formula is C18H21N3O2. The first kappa shape index (κ1) is 15.5. The first-order valence-corrected chi connectivity index (χ1v) is 7.94. The second-order valence-electron chi connectivity index (χ2n) is 5.82. The van der Waals surface area contributed by atoms with E-state index < -0.39 is 6.10 Å². The molecule has 1 aromatic carbocycles. The number of hydrogen-bond acceptors (Lipinski definition) is 3. The van der Waals surface area contributed by atoms with Crippen molar-refractivity contribution in [3.63, 3.8) is 0 Å². The average molecular weight is 311 g/mol. The van der Waals surface area contributed by atoms with Crippen molar-refractivity contribution < 1.29 is 9.90 Å². The van der Waals surface area contributed by atoms with Crippen molar-refractivity contribution in [2.24, 2.45) is 0 Å². The Hall–Kier alpha value is -2.40. The van der Waals surface area contributed by atoms with Crippen molar-refractivity contribution in [3.8, 4) is 0 Å². The number of likely N-dealkylation sites (tertiary alicyclic amines) is 1. The monoisotopic (exact) mass is 311 g/mol. The molecule has 1 aliphatic rings.